The largest absolute Gasteiger partial charge is 0.508 e. The lowest BCUT2D eigenvalue weighted by atomic mass is 10.2. The summed E-state index contributed by atoms with van der Waals surface area (Å²) in [5.41, 5.74) is 1.20. The molecule has 15 heavy (non-hydrogen) atoms. The third kappa shape index (κ3) is 4.10. The molecule has 0 spiro atoms. The van der Waals surface area contributed by atoms with E-state index in [1.807, 2.05) is 12.1 Å². The number of phenolic OH excluding ortho intramolecular Hbond substituents is 1. The normalized spacial score (nSPS) is 11.3. The van der Waals surface area contributed by atoms with Crippen molar-refractivity contribution in [2.75, 3.05) is 12.4 Å². The zero-order valence-corrected chi connectivity index (χ0v) is 10.0. The van der Waals surface area contributed by atoms with Gasteiger partial charge in [-0.15, -0.1) is 11.6 Å². The van der Waals surface area contributed by atoms with Crippen LogP contribution < -0.4 is 0 Å². The van der Waals surface area contributed by atoms with Crippen molar-refractivity contribution in [2.24, 2.45) is 0 Å². The average Bonchev–Trinajstić information content (AvgIpc) is 2.20. The minimum absolute atomic E-state index is 0.312. The van der Waals surface area contributed by atoms with Crippen LogP contribution in [-0.2, 0) is 6.54 Å². The molecule has 0 heterocycles. The van der Waals surface area contributed by atoms with Crippen LogP contribution in [0, 0.1) is 0 Å². The van der Waals surface area contributed by atoms with Crippen LogP contribution >= 0.6 is 11.6 Å². The van der Waals surface area contributed by atoms with E-state index in [4.69, 9.17) is 16.7 Å². The fraction of sp³-hybridized carbons (Fsp3) is 0.500. The molecule has 0 aliphatic rings. The monoisotopic (exact) mass is 227 g/mol. The van der Waals surface area contributed by atoms with Crippen molar-refractivity contribution in [3.05, 3.63) is 29.8 Å². The molecule has 0 atom stereocenters. The van der Waals surface area contributed by atoms with Gasteiger partial charge in [0.1, 0.15) is 5.75 Å². The number of rotatable bonds is 5. The Kier molecular flexibility index (Phi) is 4.92. The maximum absolute atomic E-state index is 9.17. The SMILES string of the molecule is CC(C)N(CCCl)Cc1ccc(O)cc1. The van der Waals surface area contributed by atoms with Crippen LogP contribution in [0.25, 0.3) is 0 Å². The van der Waals surface area contributed by atoms with Gasteiger partial charge in [-0.05, 0) is 31.5 Å². The van der Waals surface area contributed by atoms with E-state index < -0.39 is 0 Å². The maximum Gasteiger partial charge on any atom is 0.115 e. The van der Waals surface area contributed by atoms with Gasteiger partial charge >= 0.3 is 0 Å². The topological polar surface area (TPSA) is 23.5 Å². The Balaban J connectivity index is 2.61. The van der Waals surface area contributed by atoms with Gasteiger partial charge in [0.05, 0.1) is 0 Å². The van der Waals surface area contributed by atoms with Gasteiger partial charge in [0.2, 0.25) is 0 Å². The smallest absolute Gasteiger partial charge is 0.115 e. The highest BCUT2D eigenvalue weighted by Gasteiger charge is 2.08. The lowest BCUT2D eigenvalue weighted by molar-refractivity contribution is 0.226. The Bertz CT molecular complexity index is 284. The molecule has 0 saturated heterocycles. The van der Waals surface area contributed by atoms with Crippen molar-refractivity contribution < 1.29 is 5.11 Å². The summed E-state index contributed by atoms with van der Waals surface area (Å²) in [6, 6.07) is 7.80. The van der Waals surface area contributed by atoms with Crippen molar-refractivity contribution in [2.45, 2.75) is 26.4 Å². The van der Waals surface area contributed by atoms with E-state index in [1.54, 1.807) is 12.1 Å². The third-order valence-corrected chi connectivity index (χ3v) is 2.59. The summed E-state index contributed by atoms with van der Waals surface area (Å²) in [6.07, 6.45) is 0. The Morgan fingerprint density at radius 1 is 1.27 bits per heavy atom. The molecule has 0 radical (unpaired) electrons. The Morgan fingerprint density at radius 2 is 1.87 bits per heavy atom. The molecule has 1 N–H and O–H groups in total. The van der Waals surface area contributed by atoms with Gasteiger partial charge in [0.25, 0.3) is 0 Å². The van der Waals surface area contributed by atoms with E-state index in [9.17, 15) is 0 Å². The molecule has 0 aliphatic carbocycles. The molecule has 0 fully saturated rings. The summed E-state index contributed by atoms with van der Waals surface area (Å²) in [6.45, 7) is 6.09. The van der Waals surface area contributed by atoms with Crippen LogP contribution in [0.2, 0.25) is 0 Å². The summed E-state index contributed by atoms with van der Waals surface area (Å²) in [4.78, 5) is 2.30. The molecule has 1 rings (SSSR count). The van der Waals surface area contributed by atoms with E-state index in [-0.39, 0.29) is 0 Å². The van der Waals surface area contributed by atoms with E-state index in [1.165, 1.54) is 5.56 Å². The first kappa shape index (κ1) is 12.3. The van der Waals surface area contributed by atoms with Gasteiger partial charge in [-0.3, -0.25) is 4.90 Å². The first-order valence-corrected chi connectivity index (χ1v) is 5.75. The molecule has 2 nitrogen and oxygen atoms in total. The number of hydrogen-bond donors (Lipinski definition) is 1. The second-order valence-electron chi connectivity index (χ2n) is 3.92. The second kappa shape index (κ2) is 5.99. The minimum atomic E-state index is 0.312. The molecular weight excluding hydrogens is 210 g/mol. The molecule has 84 valence electrons. The fourth-order valence-corrected chi connectivity index (χ4v) is 1.68. The van der Waals surface area contributed by atoms with E-state index in [2.05, 4.69) is 18.7 Å². The summed E-state index contributed by atoms with van der Waals surface area (Å²) in [5.74, 6) is 0.961. The van der Waals surface area contributed by atoms with Gasteiger partial charge in [0.15, 0.2) is 0 Å². The van der Waals surface area contributed by atoms with Crippen LogP contribution in [0.3, 0.4) is 0 Å². The number of nitrogens with zero attached hydrogens (tertiary/aromatic N) is 1. The first-order valence-electron chi connectivity index (χ1n) is 5.21. The van der Waals surface area contributed by atoms with Crippen LogP contribution in [0.1, 0.15) is 19.4 Å². The Hall–Kier alpha value is -0.730. The molecule has 1 aromatic carbocycles. The quantitative estimate of drug-likeness (QED) is 0.782. The van der Waals surface area contributed by atoms with Crippen molar-refractivity contribution in [1.29, 1.82) is 0 Å². The molecule has 0 aliphatic heterocycles. The number of aromatic hydroxyl groups is 1. The Morgan fingerprint density at radius 3 is 2.33 bits per heavy atom. The molecule has 1 aromatic rings. The highest BCUT2D eigenvalue weighted by Crippen LogP contribution is 2.13. The van der Waals surface area contributed by atoms with Crippen molar-refractivity contribution in [1.82, 2.24) is 4.90 Å². The van der Waals surface area contributed by atoms with Crippen molar-refractivity contribution >= 4 is 11.6 Å². The van der Waals surface area contributed by atoms with Crippen LogP contribution in [0.5, 0.6) is 5.75 Å². The molecule has 0 saturated carbocycles. The predicted molar refractivity (Wildman–Crippen MR) is 64.4 cm³/mol. The highest BCUT2D eigenvalue weighted by atomic mass is 35.5. The van der Waals surface area contributed by atoms with Crippen LogP contribution in [-0.4, -0.2) is 28.5 Å². The van der Waals surface area contributed by atoms with Crippen LogP contribution in [0.4, 0.5) is 0 Å². The van der Waals surface area contributed by atoms with Gasteiger partial charge in [0, 0.05) is 25.0 Å². The van der Waals surface area contributed by atoms with E-state index in [0.717, 1.165) is 13.1 Å². The minimum Gasteiger partial charge on any atom is -0.508 e. The van der Waals surface area contributed by atoms with Crippen molar-refractivity contribution in [3.8, 4) is 5.75 Å². The third-order valence-electron chi connectivity index (χ3n) is 2.42. The summed E-state index contributed by atoms with van der Waals surface area (Å²) in [7, 11) is 0. The molecule has 0 amide bonds. The van der Waals surface area contributed by atoms with E-state index in [0.29, 0.717) is 17.7 Å². The molecule has 0 unspecified atom stereocenters. The molecule has 0 bridgehead atoms. The standard InChI is InChI=1S/C12H18ClNO/c1-10(2)14(8-7-13)9-11-3-5-12(15)6-4-11/h3-6,10,15H,7-9H2,1-2H3. The second-order valence-corrected chi connectivity index (χ2v) is 4.30. The number of hydrogen-bond acceptors (Lipinski definition) is 2. The number of benzene rings is 1. The van der Waals surface area contributed by atoms with Gasteiger partial charge in [-0.2, -0.15) is 0 Å². The molecular formula is C12H18ClNO. The predicted octanol–water partition coefficient (Wildman–Crippen LogP) is 2.84. The first-order chi connectivity index (χ1) is 7.13. The fourth-order valence-electron chi connectivity index (χ4n) is 1.46. The summed E-state index contributed by atoms with van der Waals surface area (Å²) >= 11 is 5.75. The van der Waals surface area contributed by atoms with Crippen molar-refractivity contribution in [3.63, 3.8) is 0 Å². The summed E-state index contributed by atoms with van der Waals surface area (Å²) < 4.78 is 0. The number of halogens is 1. The van der Waals surface area contributed by atoms with Crippen LogP contribution in [0.15, 0.2) is 24.3 Å². The number of alkyl halides is 1. The van der Waals surface area contributed by atoms with Gasteiger partial charge < -0.3 is 5.11 Å². The van der Waals surface area contributed by atoms with Gasteiger partial charge in [-0.25, -0.2) is 0 Å². The molecule has 0 aromatic heterocycles. The molecule has 3 heteroatoms. The Labute approximate surface area is 96.5 Å². The van der Waals surface area contributed by atoms with E-state index >= 15 is 0 Å². The maximum atomic E-state index is 9.17. The van der Waals surface area contributed by atoms with Gasteiger partial charge in [-0.1, -0.05) is 12.1 Å². The highest BCUT2D eigenvalue weighted by molar-refractivity contribution is 6.18. The number of phenols is 1. The zero-order valence-electron chi connectivity index (χ0n) is 9.28. The lowest BCUT2D eigenvalue weighted by Gasteiger charge is -2.25. The lowest BCUT2D eigenvalue weighted by Crippen LogP contribution is -2.32. The summed E-state index contributed by atoms with van der Waals surface area (Å²) in [5, 5.41) is 9.17. The average molecular weight is 228 g/mol. The zero-order chi connectivity index (χ0) is 11.3.